The highest BCUT2D eigenvalue weighted by Gasteiger charge is 2.16. The zero-order valence-electron chi connectivity index (χ0n) is 10.5. The van der Waals surface area contributed by atoms with E-state index in [1.165, 1.54) is 11.8 Å². The molecule has 0 spiro atoms. The Hall–Kier alpha value is -1.26. The van der Waals surface area contributed by atoms with Crippen LogP contribution in [0.3, 0.4) is 0 Å². The largest absolute Gasteiger partial charge is 0.480 e. The van der Waals surface area contributed by atoms with Gasteiger partial charge >= 0.3 is 5.97 Å². The average Bonchev–Trinajstić information content (AvgIpc) is 2.39. The molecule has 1 heterocycles. The van der Waals surface area contributed by atoms with Gasteiger partial charge in [-0.1, -0.05) is 36.7 Å². The normalized spacial score (nSPS) is 12.5. The van der Waals surface area contributed by atoms with Crippen molar-refractivity contribution in [2.45, 2.75) is 24.3 Å². The van der Waals surface area contributed by atoms with E-state index in [0.717, 1.165) is 16.5 Å². The maximum atomic E-state index is 11.0. The van der Waals surface area contributed by atoms with Crippen LogP contribution in [-0.4, -0.2) is 21.3 Å². The Labute approximate surface area is 121 Å². The van der Waals surface area contributed by atoms with Crippen molar-refractivity contribution in [3.05, 3.63) is 41.0 Å². The van der Waals surface area contributed by atoms with Gasteiger partial charge in [-0.25, -0.2) is 4.98 Å². The first-order chi connectivity index (χ1) is 9.11. The van der Waals surface area contributed by atoms with Crippen LogP contribution in [0, 0.1) is 0 Å². The van der Waals surface area contributed by atoms with Crippen molar-refractivity contribution >= 4 is 40.2 Å². The van der Waals surface area contributed by atoms with Crippen molar-refractivity contribution in [3.8, 4) is 0 Å². The number of nitrogens with zero attached hydrogens (tertiary/aromatic N) is 1. The zero-order valence-corrected chi connectivity index (χ0v) is 12.0. The van der Waals surface area contributed by atoms with E-state index in [1.54, 1.807) is 0 Å². The SMILES string of the molecule is CCC(SCc1cc2ccccc2nc1Cl)C(=O)O. The predicted octanol–water partition coefficient (Wildman–Crippen LogP) is 3.98. The number of carboxylic acid groups (broad SMARTS) is 1. The molecule has 1 atom stereocenters. The first-order valence-electron chi connectivity index (χ1n) is 6.00. The average molecular weight is 296 g/mol. The highest BCUT2D eigenvalue weighted by atomic mass is 35.5. The first kappa shape index (κ1) is 14.2. The molecule has 0 saturated carbocycles. The van der Waals surface area contributed by atoms with Crippen molar-refractivity contribution in [1.82, 2.24) is 4.98 Å². The van der Waals surface area contributed by atoms with Crippen LogP contribution in [-0.2, 0) is 10.5 Å². The van der Waals surface area contributed by atoms with E-state index < -0.39 is 11.2 Å². The number of carbonyl (C=O) groups is 1. The number of hydrogen-bond donors (Lipinski definition) is 1. The molecule has 100 valence electrons. The van der Waals surface area contributed by atoms with Gasteiger partial charge in [-0.2, -0.15) is 0 Å². The van der Waals surface area contributed by atoms with Crippen LogP contribution in [0.2, 0.25) is 5.15 Å². The second kappa shape index (κ2) is 6.26. The molecule has 0 fully saturated rings. The van der Waals surface area contributed by atoms with Gasteiger partial charge in [-0.05, 0) is 18.6 Å². The smallest absolute Gasteiger partial charge is 0.316 e. The first-order valence-corrected chi connectivity index (χ1v) is 7.43. The van der Waals surface area contributed by atoms with E-state index in [-0.39, 0.29) is 0 Å². The third-order valence-electron chi connectivity index (χ3n) is 2.84. The molecule has 2 aromatic rings. The molecule has 0 radical (unpaired) electrons. The monoisotopic (exact) mass is 295 g/mol. The third kappa shape index (κ3) is 3.39. The summed E-state index contributed by atoms with van der Waals surface area (Å²) in [6.07, 6.45) is 0.596. The molecule has 19 heavy (non-hydrogen) atoms. The van der Waals surface area contributed by atoms with E-state index in [0.29, 0.717) is 17.3 Å². The molecule has 0 saturated heterocycles. The Kier molecular flexibility index (Phi) is 4.66. The number of fused-ring (bicyclic) bond motifs is 1. The minimum atomic E-state index is -0.780. The van der Waals surface area contributed by atoms with Gasteiger partial charge in [0.2, 0.25) is 0 Å². The van der Waals surface area contributed by atoms with E-state index in [9.17, 15) is 4.79 Å². The predicted molar refractivity (Wildman–Crippen MR) is 79.8 cm³/mol. The maximum Gasteiger partial charge on any atom is 0.316 e. The fourth-order valence-corrected chi connectivity index (χ4v) is 3.06. The standard InChI is InChI=1S/C14H14ClNO2S/c1-2-12(14(17)18)19-8-10-7-9-5-3-4-6-11(9)16-13(10)15/h3-7,12H,2,8H2,1H3,(H,17,18). The number of para-hydroxylation sites is 1. The molecule has 0 bridgehead atoms. The molecule has 1 aromatic carbocycles. The molecular formula is C14H14ClNO2S. The quantitative estimate of drug-likeness (QED) is 0.848. The van der Waals surface area contributed by atoms with Gasteiger partial charge in [0, 0.05) is 16.7 Å². The number of benzene rings is 1. The van der Waals surface area contributed by atoms with Crippen LogP contribution in [0.4, 0.5) is 0 Å². The highest BCUT2D eigenvalue weighted by molar-refractivity contribution is 7.99. The summed E-state index contributed by atoms with van der Waals surface area (Å²) in [7, 11) is 0. The molecule has 5 heteroatoms. The van der Waals surface area contributed by atoms with Crippen LogP contribution < -0.4 is 0 Å². The number of pyridine rings is 1. The summed E-state index contributed by atoms with van der Waals surface area (Å²) >= 11 is 7.52. The maximum absolute atomic E-state index is 11.0. The zero-order chi connectivity index (χ0) is 13.8. The van der Waals surface area contributed by atoms with Gasteiger partial charge in [-0.3, -0.25) is 4.79 Å². The Balaban J connectivity index is 2.20. The Morgan fingerprint density at radius 2 is 2.21 bits per heavy atom. The number of hydrogen-bond acceptors (Lipinski definition) is 3. The Morgan fingerprint density at radius 1 is 1.47 bits per heavy atom. The van der Waals surface area contributed by atoms with E-state index in [2.05, 4.69) is 4.98 Å². The molecule has 2 rings (SSSR count). The number of thioether (sulfide) groups is 1. The van der Waals surface area contributed by atoms with E-state index >= 15 is 0 Å². The second-order valence-electron chi connectivity index (χ2n) is 4.18. The number of carboxylic acids is 1. The van der Waals surface area contributed by atoms with Crippen LogP contribution in [0.15, 0.2) is 30.3 Å². The van der Waals surface area contributed by atoms with Crippen molar-refractivity contribution < 1.29 is 9.90 Å². The molecule has 0 amide bonds. The number of halogens is 1. The summed E-state index contributed by atoms with van der Waals surface area (Å²) in [6, 6.07) is 9.72. The van der Waals surface area contributed by atoms with Gasteiger partial charge in [0.1, 0.15) is 10.4 Å². The molecule has 0 aliphatic carbocycles. The Bertz CT molecular complexity index is 603. The van der Waals surface area contributed by atoms with Crippen LogP contribution in [0.5, 0.6) is 0 Å². The summed E-state index contributed by atoms with van der Waals surface area (Å²) < 4.78 is 0. The minimum Gasteiger partial charge on any atom is -0.480 e. The molecule has 1 aromatic heterocycles. The van der Waals surface area contributed by atoms with Gasteiger partial charge in [0.25, 0.3) is 0 Å². The second-order valence-corrected chi connectivity index (χ2v) is 5.73. The number of aromatic nitrogens is 1. The number of rotatable bonds is 5. The summed E-state index contributed by atoms with van der Waals surface area (Å²) in [6.45, 7) is 1.87. The fourth-order valence-electron chi connectivity index (χ4n) is 1.79. The lowest BCUT2D eigenvalue weighted by atomic mass is 10.2. The summed E-state index contributed by atoms with van der Waals surface area (Å²) in [5.41, 5.74) is 1.73. The van der Waals surface area contributed by atoms with Gasteiger partial charge < -0.3 is 5.11 Å². The van der Waals surface area contributed by atoms with E-state index in [4.69, 9.17) is 16.7 Å². The lowest BCUT2D eigenvalue weighted by Crippen LogP contribution is -2.15. The van der Waals surface area contributed by atoms with Crippen molar-refractivity contribution in [2.24, 2.45) is 0 Å². The Morgan fingerprint density at radius 3 is 2.89 bits per heavy atom. The lowest BCUT2D eigenvalue weighted by molar-refractivity contribution is -0.136. The molecule has 1 N–H and O–H groups in total. The van der Waals surface area contributed by atoms with Gasteiger partial charge in [0.05, 0.1) is 5.52 Å². The minimum absolute atomic E-state index is 0.400. The van der Waals surface area contributed by atoms with E-state index in [1.807, 2.05) is 37.3 Å². The third-order valence-corrected chi connectivity index (χ3v) is 4.58. The molecule has 0 aliphatic heterocycles. The molecule has 0 aliphatic rings. The summed E-state index contributed by atoms with van der Waals surface area (Å²) in [5.74, 6) is -0.223. The summed E-state index contributed by atoms with van der Waals surface area (Å²) in [5, 5.41) is 10.1. The van der Waals surface area contributed by atoms with Crippen molar-refractivity contribution in [1.29, 1.82) is 0 Å². The van der Waals surface area contributed by atoms with Gasteiger partial charge in [-0.15, -0.1) is 11.8 Å². The topological polar surface area (TPSA) is 50.2 Å². The lowest BCUT2D eigenvalue weighted by Gasteiger charge is -2.10. The fraction of sp³-hybridized carbons (Fsp3) is 0.286. The van der Waals surface area contributed by atoms with Crippen molar-refractivity contribution in [3.63, 3.8) is 0 Å². The number of aliphatic carboxylic acids is 1. The van der Waals surface area contributed by atoms with Gasteiger partial charge in [0.15, 0.2) is 0 Å². The van der Waals surface area contributed by atoms with Crippen LogP contribution in [0.25, 0.3) is 10.9 Å². The highest BCUT2D eigenvalue weighted by Crippen LogP contribution is 2.27. The molecule has 3 nitrogen and oxygen atoms in total. The van der Waals surface area contributed by atoms with Crippen LogP contribution in [0.1, 0.15) is 18.9 Å². The molecular weight excluding hydrogens is 282 g/mol. The van der Waals surface area contributed by atoms with Crippen molar-refractivity contribution in [2.75, 3.05) is 0 Å². The summed E-state index contributed by atoms with van der Waals surface area (Å²) in [4.78, 5) is 15.3. The molecule has 1 unspecified atom stereocenters. The van der Waals surface area contributed by atoms with Crippen LogP contribution >= 0.6 is 23.4 Å².